The zero-order chi connectivity index (χ0) is 23.2. The Bertz CT molecular complexity index is 1340. The van der Waals surface area contributed by atoms with Gasteiger partial charge in [0.25, 0.3) is 15.9 Å². The number of aryl methyl sites for hydroxylation is 1. The summed E-state index contributed by atoms with van der Waals surface area (Å²) in [5, 5.41) is 0. The molecule has 0 spiro atoms. The molecule has 1 aliphatic carbocycles. The van der Waals surface area contributed by atoms with Crippen molar-refractivity contribution in [1.29, 1.82) is 0 Å². The molecular weight excluding hydrogens is 436 g/mol. The maximum absolute atomic E-state index is 13.6. The summed E-state index contributed by atoms with van der Waals surface area (Å²) < 4.78 is 33.9. The molecule has 1 atom stereocenters. The Morgan fingerprint density at radius 2 is 1.73 bits per heavy atom. The van der Waals surface area contributed by atoms with Gasteiger partial charge in [-0.2, -0.15) is 0 Å². The average Bonchev–Trinajstić information content (AvgIpc) is 3.47. The van der Waals surface area contributed by atoms with Crippen molar-refractivity contribution < 1.29 is 17.9 Å². The molecule has 0 N–H and O–H groups in total. The average molecular weight is 463 g/mol. The van der Waals surface area contributed by atoms with Crippen molar-refractivity contribution in [2.45, 2.75) is 30.2 Å². The molecular formula is C26H26N2O4S. The summed E-state index contributed by atoms with van der Waals surface area (Å²) in [5.74, 6) is 0.103. The van der Waals surface area contributed by atoms with Crippen molar-refractivity contribution in [1.82, 2.24) is 4.90 Å². The maximum atomic E-state index is 13.6. The summed E-state index contributed by atoms with van der Waals surface area (Å²) >= 11 is 0. The number of sulfonamides is 1. The van der Waals surface area contributed by atoms with Crippen molar-refractivity contribution in [3.63, 3.8) is 0 Å². The molecule has 0 aromatic heterocycles. The van der Waals surface area contributed by atoms with E-state index in [1.807, 2.05) is 36.4 Å². The first-order valence-electron chi connectivity index (χ1n) is 11.1. The normalized spacial score (nSPS) is 16.9. The van der Waals surface area contributed by atoms with Crippen molar-refractivity contribution in [3.8, 4) is 5.75 Å². The molecule has 1 amide bonds. The first-order valence-corrected chi connectivity index (χ1v) is 12.5. The van der Waals surface area contributed by atoms with Crippen LogP contribution in [0.2, 0.25) is 0 Å². The van der Waals surface area contributed by atoms with Crippen molar-refractivity contribution >= 4 is 21.6 Å². The van der Waals surface area contributed by atoms with Crippen molar-refractivity contribution in [2.75, 3.05) is 25.0 Å². The van der Waals surface area contributed by atoms with E-state index in [1.165, 1.54) is 29.1 Å². The van der Waals surface area contributed by atoms with Gasteiger partial charge in [-0.15, -0.1) is 0 Å². The molecule has 2 aliphatic rings. The smallest absolute Gasteiger partial charge is 0.264 e. The van der Waals surface area contributed by atoms with Crippen molar-refractivity contribution in [3.05, 3.63) is 89.0 Å². The number of methoxy groups -OCH3 is 1. The first-order chi connectivity index (χ1) is 15.9. The minimum Gasteiger partial charge on any atom is -0.496 e. The zero-order valence-corrected chi connectivity index (χ0v) is 19.5. The molecule has 170 valence electrons. The van der Waals surface area contributed by atoms with Crippen LogP contribution in [0.15, 0.2) is 71.6 Å². The van der Waals surface area contributed by atoms with Crippen LogP contribution in [0, 0.1) is 0 Å². The molecule has 0 saturated heterocycles. The number of fused-ring (bicyclic) bond motifs is 2. The van der Waals surface area contributed by atoms with Crippen LogP contribution in [0.4, 0.5) is 5.69 Å². The zero-order valence-electron chi connectivity index (χ0n) is 18.7. The molecule has 3 aromatic carbocycles. The van der Waals surface area contributed by atoms with E-state index in [0.29, 0.717) is 24.4 Å². The fourth-order valence-corrected chi connectivity index (χ4v) is 6.50. The summed E-state index contributed by atoms with van der Waals surface area (Å²) in [6, 6.07) is 20.1. The third-order valence-corrected chi connectivity index (χ3v) is 8.53. The van der Waals surface area contributed by atoms with Crippen LogP contribution in [0.3, 0.4) is 0 Å². The number of carbonyl (C=O) groups excluding carboxylic acids is 1. The third kappa shape index (κ3) is 3.56. The fourth-order valence-electron chi connectivity index (χ4n) is 4.97. The molecule has 0 radical (unpaired) electrons. The highest BCUT2D eigenvalue weighted by Crippen LogP contribution is 2.37. The fraction of sp³-hybridized carbons (Fsp3) is 0.269. The summed E-state index contributed by atoms with van der Waals surface area (Å²) in [4.78, 5) is 15.3. The molecule has 5 rings (SSSR count). The number of rotatable bonds is 5. The van der Waals surface area contributed by atoms with E-state index in [9.17, 15) is 13.2 Å². The Hall–Kier alpha value is -3.32. The SMILES string of the molecule is COc1ccc(S(=O)(=O)N2CCc3ccccc32)cc1C(=O)N(C)C1CCc2ccccc21. The minimum atomic E-state index is -3.82. The summed E-state index contributed by atoms with van der Waals surface area (Å²) in [7, 11) is -0.561. The van der Waals surface area contributed by atoms with Gasteiger partial charge in [-0.3, -0.25) is 9.10 Å². The molecule has 1 unspecified atom stereocenters. The number of nitrogens with zero attached hydrogens (tertiary/aromatic N) is 2. The molecule has 1 aliphatic heterocycles. The first kappa shape index (κ1) is 21.5. The highest BCUT2D eigenvalue weighted by atomic mass is 32.2. The molecule has 33 heavy (non-hydrogen) atoms. The highest BCUT2D eigenvalue weighted by molar-refractivity contribution is 7.92. The van der Waals surface area contributed by atoms with E-state index in [1.54, 1.807) is 18.0 Å². The lowest BCUT2D eigenvalue weighted by atomic mass is 10.1. The molecule has 6 nitrogen and oxygen atoms in total. The maximum Gasteiger partial charge on any atom is 0.264 e. The molecule has 0 bridgehead atoms. The van der Waals surface area contributed by atoms with Gasteiger partial charge in [0.15, 0.2) is 0 Å². The van der Waals surface area contributed by atoms with Crippen LogP contribution in [0.1, 0.15) is 39.5 Å². The van der Waals surface area contributed by atoms with E-state index < -0.39 is 10.0 Å². The second-order valence-corrected chi connectivity index (χ2v) is 10.3. The van der Waals surface area contributed by atoms with Gasteiger partial charge in [0.1, 0.15) is 5.75 Å². The number of benzene rings is 3. The number of ether oxygens (including phenoxy) is 1. The van der Waals surface area contributed by atoms with Crippen molar-refractivity contribution in [2.24, 2.45) is 0 Å². The summed E-state index contributed by atoms with van der Waals surface area (Å²) in [6.45, 7) is 0.385. The van der Waals surface area contributed by atoms with Gasteiger partial charge < -0.3 is 9.64 Å². The minimum absolute atomic E-state index is 0.0517. The lowest BCUT2D eigenvalue weighted by molar-refractivity contribution is 0.0727. The number of amides is 1. The van der Waals surface area contributed by atoms with Crippen LogP contribution < -0.4 is 9.04 Å². The van der Waals surface area contributed by atoms with E-state index in [-0.39, 0.29) is 22.4 Å². The van der Waals surface area contributed by atoms with Crippen LogP contribution >= 0.6 is 0 Å². The number of hydrogen-bond acceptors (Lipinski definition) is 4. The Morgan fingerprint density at radius 1 is 1.00 bits per heavy atom. The molecule has 7 heteroatoms. The highest BCUT2D eigenvalue weighted by Gasteiger charge is 2.34. The van der Waals surface area contributed by atoms with E-state index in [4.69, 9.17) is 4.74 Å². The Morgan fingerprint density at radius 3 is 2.52 bits per heavy atom. The van der Waals surface area contributed by atoms with E-state index >= 15 is 0 Å². The van der Waals surface area contributed by atoms with Crippen LogP contribution in [0.25, 0.3) is 0 Å². The lowest BCUT2D eigenvalue weighted by Gasteiger charge is -2.27. The van der Waals surface area contributed by atoms with Gasteiger partial charge in [0, 0.05) is 13.6 Å². The predicted octanol–water partition coefficient (Wildman–Crippen LogP) is 4.21. The monoisotopic (exact) mass is 462 g/mol. The summed E-state index contributed by atoms with van der Waals surface area (Å²) in [6.07, 6.45) is 2.42. The number of carbonyl (C=O) groups is 1. The Labute approximate surface area is 194 Å². The topological polar surface area (TPSA) is 66.9 Å². The number of anilines is 1. The summed E-state index contributed by atoms with van der Waals surface area (Å²) in [5.41, 5.74) is 4.34. The quantitative estimate of drug-likeness (QED) is 0.570. The van der Waals surface area contributed by atoms with Gasteiger partial charge >= 0.3 is 0 Å². The van der Waals surface area contributed by atoms with Gasteiger partial charge in [0.05, 0.1) is 29.3 Å². The lowest BCUT2D eigenvalue weighted by Crippen LogP contribution is -2.32. The standard InChI is InChI=1S/C26H26N2O4S/c1-27(24-13-11-18-7-3-5-9-21(18)24)26(29)22-17-20(12-14-25(22)32-2)33(30,31)28-16-15-19-8-4-6-10-23(19)28/h3-10,12,14,17,24H,11,13,15-16H2,1-2H3. The number of para-hydroxylation sites is 1. The third-order valence-electron chi connectivity index (χ3n) is 6.72. The van der Waals surface area contributed by atoms with Gasteiger partial charge in [-0.25, -0.2) is 8.42 Å². The Kier molecular flexibility index (Phi) is 5.37. The molecule has 3 aromatic rings. The van der Waals surface area contributed by atoms with Gasteiger partial charge in [-0.05, 0) is 60.2 Å². The molecule has 0 saturated carbocycles. The van der Waals surface area contributed by atoms with Gasteiger partial charge in [-0.1, -0.05) is 42.5 Å². The molecule has 1 heterocycles. The Balaban J connectivity index is 1.50. The second-order valence-electron chi connectivity index (χ2n) is 8.49. The van der Waals surface area contributed by atoms with Gasteiger partial charge in [0.2, 0.25) is 0 Å². The van der Waals surface area contributed by atoms with Crippen LogP contribution in [0.5, 0.6) is 5.75 Å². The van der Waals surface area contributed by atoms with Crippen LogP contribution in [-0.2, 0) is 22.9 Å². The van der Waals surface area contributed by atoms with Crippen LogP contribution in [-0.4, -0.2) is 39.9 Å². The van der Waals surface area contributed by atoms with E-state index in [2.05, 4.69) is 12.1 Å². The van der Waals surface area contributed by atoms with E-state index in [0.717, 1.165) is 24.0 Å². The second kappa shape index (κ2) is 8.23. The largest absolute Gasteiger partial charge is 0.496 e. The number of hydrogen-bond donors (Lipinski definition) is 0. The predicted molar refractivity (Wildman–Crippen MR) is 127 cm³/mol. The molecule has 0 fully saturated rings.